The molecule has 1 aromatic carbocycles. The first-order valence-electron chi connectivity index (χ1n) is 6.86. The van der Waals surface area contributed by atoms with Crippen molar-refractivity contribution in [3.05, 3.63) is 35.9 Å². The van der Waals surface area contributed by atoms with E-state index in [-0.39, 0.29) is 0 Å². The number of Topliss-reactive ketones (excluding diaryl/α,β-unsaturated/α-hetero) is 1. The monoisotopic (exact) mass is 232 g/mol. The fourth-order valence-corrected chi connectivity index (χ4v) is 2.15. The van der Waals surface area contributed by atoms with Crippen molar-refractivity contribution in [2.45, 2.75) is 52.4 Å². The minimum Gasteiger partial charge on any atom is -0.294 e. The number of hydrogen-bond acceptors (Lipinski definition) is 1. The molecule has 0 bridgehead atoms. The van der Waals surface area contributed by atoms with E-state index in [1.54, 1.807) is 0 Å². The SMILES string of the molecule is CCCCC(CC)CCC(=O)c1ccccc1. The topological polar surface area (TPSA) is 17.1 Å². The largest absolute Gasteiger partial charge is 0.294 e. The molecule has 0 fully saturated rings. The van der Waals surface area contributed by atoms with Crippen LogP contribution in [-0.4, -0.2) is 5.78 Å². The van der Waals surface area contributed by atoms with Gasteiger partial charge in [0.05, 0.1) is 0 Å². The van der Waals surface area contributed by atoms with Gasteiger partial charge >= 0.3 is 0 Å². The van der Waals surface area contributed by atoms with Crippen LogP contribution in [0.3, 0.4) is 0 Å². The maximum atomic E-state index is 11.9. The Morgan fingerprint density at radius 1 is 1.12 bits per heavy atom. The van der Waals surface area contributed by atoms with Gasteiger partial charge in [-0.25, -0.2) is 0 Å². The van der Waals surface area contributed by atoms with Crippen LogP contribution in [-0.2, 0) is 0 Å². The summed E-state index contributed by atoms with van der Waals surface area (Å²) in [5, 5.41) is 0. The van der Waals surface area contributed by atoms with E-state index in [9.17, 15) is 4.79 Å². The van der Waals surface area contributed by atoms with Gasteiger partial charge in [0.2, 0.25) is 0 Å². The Balaban J connectivity index is 2.36. The van der Waals surface area contributed by atoms with Crippen molar-refractivity contribution in [2.24, 2.45) is 5.92 Å². The fraction of sp³-hybridized carbons (Fsp3) is 0.562. The Bertz CT molecular complexity index is 316. The summed E-state index contributed by atoms with van der Waals surface area (Å²) in [4.78, 5) is 11.9. The molecule has 0 amide bonds. The molecule has 1 atom stereocenters. The minimum absolute atomic E-state index is 0.292. The first-order valence-corrected chi connectivity index (χ1v) is 6.86. The molecule has 0 aliphatic rings. The third-order valence-corrected chi connectivity index (χ3v) is 3.42. The van der Waals surface area contributed by atoms with Gasteiger partial charge < -0.3 is 0 Å². The standard InChI is InChI=1S/C16H24O/c1-3-5-9-14(4-2)12-13-16(17)15-10-7-6-8-11-15/h6-8,10-11,14H,3-5,9,12-13H2,1-2H3. The molecule has 0 aromatic heterocycles. The number of carbonyl (C=O) groups is 1. The zero-order valence-corrected chi connectivity index (χ0v) is 11.1. The Kier molecular flexibility index (Phi) is 6.61. The lowest BCUT2D eigenvalue weighted by molar-refractivity contribution is 0.0972. The Morgan fingerprint density at radius 3 is 2.41 bits per heavy atom. The summed E-state index contributed by atoms with van der Waals surface area (Å²) in [6, 6.07) is 9.64. The number of ketones is 1. The van der Waals surface area contributed by atoms with Crippen LogP contribution in [0.15, 0.2) is 30.3 Å². The molecular weight excluding hydrogens is 208 g/mol. The highest BCUT2D eigenvalue weighted by Gasteiger charge is 2.10. The van der Waals surface area contributed by atoms with Crippen LogP contribution in [0.2, 0.25) is 0 Å². The highest BCUT2D eigenvalue weighted by molar-refractivity contribution is 5.95. The van der Waals surface area contributed by atoms with E-state index in [4.69, 9.17) is 0 Å². The smallest absolute Gasteiger partial charge is 0.162 e. The summed E-state index contributed by atoms with van der Waals surface area (Å²) in [6.45, 7) is 4.45. The molecule has 0 aliphatic carbocycles. The van der Waals surface area contributed by atoms with Gasteiger partial charge in [-0.3, -0.25) is 4.79 Å². The van der Waals surface area contributed by atoms with Crippen LogP contribution in [0.1, 0.15) is 62.7 Å². The molecular formula is C16H24O. The number of rotatable bonds is 8. The second-order valence-electron chi connectivity index (χ2n) is 4.74. The third kappa shape index (κ3) is 5.16. The number of unbranched alkanes of at least 4 members (excludes halogenated alkanes) is 1. The molecule has 0 radical (unpaired) electrons. The summed E-state index contributed by atoms with van der Waals surface area (Å²) in [6.07, 6.45) is 6.76. The van der Waals surface area contributed by atoms with E-state index in [1.165, 1.54) is 25.7 Å². The van der Waals surface area contributed by atoms with Crippen molar-refractivity contribution >= 4 is 5.78 Å². The second-order valence-corrected chi connectivity index (χ2v) is 4.74. The molecule has 0 N–H and O–H groups in total. The zero-order chi connectivity index (χ0) is 12.5. The van der Waals surface area contributed by atoms with Crippen molar-refractivity contribution in [3.8, 4) is 0 Å². The first-order chi connectivity index (χ1) is 8.27. The quantitative estimate of drug-likeness (QED) is 0.585. The Morgan fingerprint density at radius 2 is 1.82 bits per heavy atom. The minimum atomic E-state index is 0.292. The normalized spacial score (nSPS) is 12.4. The van der Waals surface area contributed by atoms with E-state index in [2.05, 4.69) is 13.8 Å². The lowest BCUT2D eigenvalue weighted by atomic mass is 9.92. The molecule has 1 unspecified atom stereocenters. The van der Waals surface area contributed by atoms with E-state index in [0.29, 0.717) is 12.2 Å². The molecule has 1 rings (SSSR count). The number of carbonyl (C=O) groups excluding carboxylic acids is 1. The molecule has 0 saturated heterocycles. The number of hydrogen-bond donors (Lipinski definition) is 0. The van der Waals surface area contributed by atoms with Crippen LogP contribution in [0.25, 0.3) is 0 Å². The van der Waals surface area contributed by atoms with E-state index in [1.807, 2.05) is 30.3 Å². The van der Waals surface area contributed by atoms with Gasteiger partial charge in [0, 0.05) is 12.0 Å². The molecule has 0 spiro atoms. The molecule has 0 aliphatic heterocycles. The van der Waals surface area contributed by atoms with Crippen LogP contribution >= 0.6 is 0 Å². The van der Waals surface area contributed by atoms with Gasteiger partial charge in [0.1, 0.15) is 0 Å². The lowest BCUT2D eigenvalue weighted by Crippen LogP contribution is -2.05. The van der Waals surface area contributed by atoms with Crippen LogP contribution in [0.5, 0.6) is 0 Å². The summed E-state index contributed by atoms with van der Waals surface area (Å²) < 4.78 is 0. The van der Waals surface area contributed by atoms with Crippen molar-refractivity contribution in [2.75, 3.05) is 0 Å². The molecule has 1 heteroatoms. The predicted molar refractivity (Wildman–Crippen MR) is 73.3 cm³/mol. The van der Waals surface area contributed by atoms with Crippen LogP contribution in [0, 0.1) is 5.92 Å². The molecule has 0 saturated carbocycles. The summed E-state index contributed by atoms with van der Waals surface area (Å²) >= 11 is 0. The molecule has 94 valence electrons. The average Bonchev–Trinajstić information content (AvgIpc) is 2.39. The van der Waals surface area contributed by atoms with Gasteiger partial charge in [-0.1, -0.05) is 69.9 Å². The first kappa shape index (κ1) is 14.0. The molecule has 1 nitrogen and oxygen atoms in total. The number of benzene rings is 1. The fourth-order valence-electron chi connectivity index (χ4n) is 2.15. The van der Waals surface area contributed by atoms with Crippen molar-refractivity contribution in [1.29, 1.82) is 0 Å². The zero-order valence-electron chi connectivity index (χ0n) is 11.1. The summed E-state index contributed by atoms with van der Waals surface area (Å²) in [7, 11) is 0. The molecule has 0 heterocycles. The second kappa shape index (κ2) is 8.05. The maximum Gasteiger partial charge on any atom is 0.162 e. The van der Waals surface area contributed by atoms with E-state index < -0.39 is 0 Å². The average molecular weight is 232 g/mol. The van der Waals surface area contributed by atoms with Gasteiger partial charge in [-0.2, -0.15) is 0 Å². The third-order valence-electron chi connectivity index (χ3n) is 3.42. The summed E-state index contributed by atoms with van der Waals surface area (Å²) in [5.74, 6) is 1.02. The van der Waals surface area contributed by atoms with Gasteiger partial charge in [-0.05, 0) is 12.3 Å². The van der Waals surface area contributed by atoms with E-state index in [0.717, 1.165) is 17.9 Å². The van der Waals surface area contributed by atoms with Gasteiger partial charge in [0.15, 0.2) is 5.78 Å². The van der Waals surface area contributed by atoms with Crippen LogP contribution in [0.4, 0.5) is 0 Å². The molecule has 17 heavy (non-hydrogen) atoms. The highest BCUT2D eigenvalue weighted by Crippen LogP contribution is 2.19. The summed E-state index contributed by atoms with van der Waals surface area (Å²) in [5.41, 5.74) is 0.859. The van der Waals surface area contributed by atoms with Gasteiger partial charge in [-0.15, -0.1) is 0 Å². The highest BCUT2D eigenvalue weighted by atomic mass is 16.1. The maximum absolute atomic E-state index is 11.9. The predicted octanol–water partition coefficient (Wildman–Crippen LogP) is 4.87. The van der Waals surface area contributed by atoms with Crippen molar-refractivity contribution in [1.82, 2.24) is 0 Å². The van der Waals surface area contributed by atoms with Crippen molar-refractivity contribution < 1.29 is 4.79 Å². The Labute approximate surface area is 105 Å². The lowest BCUT2D eigenvalue weighted by Gasteiger charge is -2.13. The van der Waals surface area contributed by atoms with Crippen LogP contribution < -0.4 is 0 Å². The van der Waals surface area contributed by atoms with Gasteiger partial charge in [0.25, 0.3) is 0 Å². The molecule has 1 aromatic rings. The van der Waals surface area contributed by atoms with Crippen molar-refractivity contribution in [3.63, 3.8) is 0 Å². The van der Waals surface area contributed by atoms with E-state index >= 15 is 0 Å². The Hall–Kier alpha value is -1.11.